The molecule has 0 aromatic heterocycles. The van der Waals surface area contributed by atoms with Gasteiger partial charge in [-0.1, -0.05) is 29.3 Å². The minimum atomic E-state index is -0.595. The SMILES string of the molecule is CC1C2C=CC(N3C(=O)N=NC3=O)=CC12. The number of amides is 4. The molecule has 0 bridgehead atoms. The molecule has 76 valence electrons. The molecule has 0 aromatic carbocycles. The summed E-state index contributed by atoms with van der Waals surface area (Å²) in [6.07, 6.45) is 5.81. The molecule has 1 fully saturated rings. The van der Waals surface area contributed by atoms with Gasteiger partial charge < -0.3 is 0 Å². The van der Waals surface area contributed by atoms with Gasteiger partial charge in [0.25, 0.3) is 0 Å². The zero-order valence-corrected chi connectivity index (χ0v) is 8.12. The van der Waals surface area contributed by atoms with Crippen molar-refractivity contribution in [2.24, 2.45) is 28.0 Å². The second-order valence-electron chi connectivity index (χ2n) is 4.07. The number of hydrogen-bond donors (Lipinski definition) is 0. The Bertz CT molecular complexity index is 432. The van der Waals surface area contributed by atoms with Crippen LogP contribution in [-0.2, 0) is 0 Å². The smallest absolute Gasteiger partial charge is 0.243 e. The number of imide groups is 1. The summed E-state index contributed by atoms with van der Waals surface area (Å²) in [6, 6.07) is -1.19. The Kier molecular flexibility index (Phi) is 1.49. The highest BCUT2D eigenvalue weighted by atomic mass is 16.2. The number of carbonyl (C=O) groups is 2. The summed E-state index contributed by atoms with van der Waals surface area (Å²) >= 11 is 0. The lowest BCUT2D eigenvalue weighted by Crippen LogP contribution is -2.27. The molecule has 15 heavy (non-hydrogen) atoms. The highest BCUT2D eigenvalue weighted by Crippen LogP contribution is 2.51. The Morgan fingerprint density at radius 2 is 1.87 bits per heavy atom. The van der Waals surface area contributed by atoms with Gasteiger partial charge in [0.15, 0.2) is 0 Å². The van der Waals surface area contributed by atoms with Crippen LogP contribution in [0.5, 0.6) is 0 Å². The Morgan fingerprint density at radius 1 is 1.20 bits per heavy atom. The Labute approximate surface area is 86.2 Å². The largest absolute Gasteiger partial charge is 0.375 e. The van der Waals surface area contributed by atoms with E-state index in [4.69, 9.17) is 0 Å². The van der Waals surface area contributed by atoms with Crippen LogP contribution in [0.1, 0.15) is 6.92 Å². The molecule has 2 aliphatic carbocycles. The zero-order valence-electron chi connectivity index (χ0n) is 8.12. The van der Waals surface area contributed by atoms with E-state index < -0.39 is 12.1 Å². The molecule has 0 saturated heterocycles. The van der Waals surface area contributed by atoms with Crippen molar-refractivity contribution in [1.29, 1.82) is 0 Å². The molecule has 3 rings (SSSR count). The average molecular weight is 203 g/mol. The van der Waals surface area contributed by atoms with Crippen LogP contribution in [0.4, 0.5) is 9.59 Å². The van der Waals surface area contributed by atoms with E-state index in [9.17, 15) is 9.59 Å². The van der Waals surface area contributed by atoms with Crippen molar-refractivity contribution < 1.29 is 9.59 Å². The van der Waals surface area contributed by atoms with Crippen molar-refractivity contribution in [3.63, 3.8) is 0 Å². The van der Waals surface area contributed by atoms with Crippen molar-refractivity contribution in [2.75, 3.05) is 0 Å². The summed E-state index contributed by atoms with van der Waals surface area (Å²) in [5, 5.41) is 6.44. The second-order valence-corrected chi connectivity index (χ2v) is 4.07. The monoisotopic (exact) mass is 203 g/mol. The van der Waals surface area contributed by atoms with Gasteiger partial charge in [0, 0.05) is 0 Å². The normalized spacial score (nSPS) is 37.0. The molecular formula is C10H9N3O2. The predicted octanol–water partition coefficient (Wildman–Crippen LogP) is 2.33. The van der Waals surface area contributed by atoms with Crippen molar-refractivity contribution in [2.45, 2.75) is 6.92 Å². The van der Waals surface area contributed by atoms with Crippen LogP contribution in [0.2, 0.25) is 0 Å². The van der Waals surface area contributed by atoms with Crippen LogP contribution < -0.4 is 0 Å². The van der Waals surface area contributed by atoms with E-state index in [2.05, 4.69) is 17.2 Å². The van der Waals surface area contributed by atoms with Crippen LogP contribution in [0.15, 0.2) is 34.2 Å². The van der Waals surface area contributed by atoms with Crippen LogP contribution >= 0.6 is 0 Å². The first-order valence-electron chi connectivity index (χ1n) is 4.88. The summed E-state index contributed by atoms with van der Waals surface area (Å²) in [5.74, 6) is 1.65. The summed E-state index contributed by atoms with van der Waals surface area (Å²) in [6.45, 7) is 2.15. The number of allylic oxidation sites excluding steroid dienone is 3. The van der Waals surface area contributed by atoms with Crippen molar-refractivity contribution in [3.8, 4) is 0 Å². The van der Waals surface area contributed by atoms with Gasteiger partial charge in [-0.2, -0.15) is 0 Å². The first-order valence-corrected chi connectivity index (χ1v) is 4.88. The van der Waals surface area contributed by atoms with E-state index in [1.165, 1.54) is 0 Å². The van der Waals surface area contributed by atoms with Crippen molar-refractivity contribution in [1.82, 2.24) is 4.90 Å². The Hall–Kier alpha value is -1.78. The summed E-state index contributed by atoms with van der Waals surface area (Å²) in [4.78, 5) is 23.5. The fourth-order valence-electron chi connectivity index (χ4n) is 2.18. The van der Waals surface area contributed by atoms with Crippen LogP contribution in [0.3, 0.4) is 0 Å². The van der Waals surface area contributed by atoms with E-state index in [1.54, 1.807) is 6.08 Å². The molecule has 3 unspecified atom stereocenters. The van der Waals surface area contributed by atoms with E-state index in [1.807, 2.05) is 12.2 Å². The molecule has 1 heterocycles. The van der Waals surface area contributed by atoms with Crippen molar-refractivity contribution >= 4 is 12.1 Å². The molecule has 5 nitrogen and oxygen atoms in total. The van der Waals surface area contributed by atoms with E-state index in [-0.39, 0.29) is 0 Å². The molecule has 0 N–H and O–H groups in total. The molecule has 0 aromatic rings. The number of azo groups is 1. The number of fused-ring (bicyclic) bond motifs is 1. The third-order valence-corrected chi connectivity index (χ3v) is 3.23. The number of urea groups is 2. The molecule has 1 saturated carbocycles. The first-order chi connectivity index (χ1) is 7.18. The van der Waals surface area contributed by atoms with Crippen LogP contribution in [0.25, 0.3) is 0 Å². The summed E-state index contributed by atoms with van der Waals surface area (Å²) in [5.41, 5.74) is 0.612. The fraction of sp³-hybridized carbons (Fsp3) is 0.400. The van der Waals surface area contributed by atoms with Gasteiger partial charge in [0.2, 0.25) is 0 Å². The number of carbonyl (C=O) groups excluding carboxylic acids is 2. The van der Waals surface area contributed by atoms with Gasteiger partial charge in [-0.3, -0.25) is 0 Å². The number of nitrogens with zero attached hydrogens (tertiary/aromatic N) is 3. The lowest BCUT2D eigenvalue weighted by Gasteiger charge is -2.13. The standard InChI is InChI=1S/C10H9N3O2/c1-5-7-3-2-6(4-8(5)7)13-9(14)11-12-10(13)15/h2-5,7-8H,1H3. The van der Waals surface area contributed by atoms with Gasteiger partial charge in [-0.05, 0) is 23.8 Å². The molecule has 0 spiro atoms. The maximum atomic E-state index is 11.3. The van der Waals surface area contributed by atoms with Crippen LogP contribution in [-0.4, -0.2) is 17.0 Å². The van der Waals surface area contributed by atoms with Gasteiger partial charge in [0.1, 0.15) is 0 Å². The second kappa shape index (κ2) is 2.62. The molecule has 1 aliphatic heterocycles. The highest BCUT2D eigenvalue weighted by Gasteiger charge is 2.46. The minimum absolute atomic E-state index is 0.464. The van der Waals surface area contributed by atoms with E-state index >= 15 is 0 Å². The minimum Gasteiger partial charge on any atom is -0.243 e. The molecule has 5 heteroatoms. The summed E-state index contributed by atoms with van der Waals surface area (Å²) in [7, 11) is 0. The van der Waals surface area contributed by atoms with Gasteiger partial charge in [0.05, 0.1) is 5.70 Å². The lowest BCUT2D eigenvalue weighted by atomic mass is 10.1. The number of hydrogen-bond acceptors (Lipinski definition) is 2. The fourth-order valence-corrected chi connectivity index (χ4v) is 2.18. The van der Waals surface area contributed by atoms with Gasteiger partial charge in [-0.15, -0.1) is 0 Å². The summed E-state index contributed by atoms with van der Waals surface area (Å²) < 4.78 is 0. The first kappa shape index (κ1) is 8.52. The molecule has 0 radical (unpaired) electrons. The van der Waals surface area contributed by atoms with E-state index in [0.29, 0.717) is 23.5 Å². The maximum Gasteiger partial charge on any atom is 0.375 e. The Balaban J connectivity index is 1.90. The van der Waals surface area contributed by atoms with Gasteiger partial charge >= 0.3 is 12.1 Å². The van der Waals surface area contributed by atoms with Crippen LogP contribution in [0, 0.1) is 17.8 Å². The predicted molar refractivity (Wildman–Crippen MR) is 50.9 cm³/mol. The number of rotatable bonds is 1. The van der Waals surface area contributed by atoms with Crippen molar-refractivity contribution in [3.05, 3.63) is 23.9 Å². The topological polar surface area (TPSA) is 62.1 Å². The molecule has 3 atom stereocenters. The van der Waals surface area contributed by atoms with Gasteiger partial charge in [-0.25, -0.2) is 14.5 Å². The third kappa shape index (κ3) is 1.09. The maximum absolute atomic E-state index is 11.3. The lowest BCUT2D eigenvalue weighted by molar-refractivity contribution is 0.216. The Morgan fingerprint density at radius 3 is 2.47 bits per heavy atom. The quantitative estimate of drug-likeness (QED) is 0.656. The average Bonchev–Trinajstić information content (AvgIpc) is 2.74. The zero-order chi connectivity index (χ0) is 10.6. The third-order valence-electron chi connectivity index (χ3n) is 3.23. The van der Waals surface area contributed by atoms with E-state index in [0.717, 1.165) is 4.90 Å². The molecular weight excluding hydrogens is 194 g/mol. The highest BCUT2D eigenvalue weighted by molar-refractivity contribution is 6.00. The molecule has 3 aliphatic rings. The molecule has 4 amide bonds.